The number of hydrogen-bond donors (Lipinski definition) is 3. The number of hydrogen-bond acceptors (Lipinski definition) is 5. The monoisotopic (exact) mass is 940 g/mol. The van der Waals surface area contributed by atoms with Gasteiger partial charge in [0.1, 0.15) is 0 Å². The van der Waals surface area contributed by atoms with Crippen molar-refractivity contribution in [3.63, 3.8) is 0 Å². The maximum atomic E-state index is 12.4. The predicted octanol–water partition coefficient (Wildman–Crippen LogP) is 18.2. The number of esters is 1. The molecule has 0 saturated carbocycles. The standard InChI is InChI=1S/C61H113NO5/c1-3-5-7-9-11-13-15-17-18-19-20-21-22-23-24-25-26-27-30-33-37-41-45-49-53-59(64)58(57-63)62-60(65)54-50-46-42-38-34-31-28-32-36-40-44-48-52-56-67-61(66)55-51-47-43-39-35-29-16-14-12-10-8-6-4-2/h14,16,31,34,42,46,49,53,58-59,63-64H,3-13,15,17-30,32-33,35-41,43-45,47-48,50-52,54-57H2,1-2H3,(H,62,65)/b16-14-,34-31-,46-42-,53-49+. The number of aliphatic hydroxyl groups excluding tert-OH is 2. The molecule has 0 aromatic rings. The fourth-order valence-electron chi connectivity index (χ4n) is 8.80. The summed E-state index contributed by atoms with van der Waals surface area (Å²) in [7, 11) is 0. The van der Waals surface area contributed by atoms with Gasteiger partial charge in [-0.3, -0.25) is 9.59 Å². The number of carbonyl (C=O) groups excluding carboxylic acids is 2. The van der Waals surface area contributed by atoms with E-state index in [4.69, 9.17) is 4.74 Å². The number of carbonyl (C=O) groups is 2. The van der Waals surface area contributed by atoms with Gasteiger partial charge in [0.25, 0.3) is 0 Å². The van der Waals surface area contributed by atoms with Gasteiger partial charge in [-0.1, -0.05) is 262 Å². The molecule has 0 heterocycles. The highest BCUT2D eigenvalue weighted by Gasteiger charge is 2.17. The Morgan fingerprint density at radius 2 is 0.761 bits per heavy atom. The Morgan fingerprint density at radius 1 is 0.418 bits per heavy atom. The molecule has 0 aromatic heterocycles. The fourth-order valence-corrected chi connectivity index (χ4v) is 8.80. The number of amides is 1. The molecule has 392 valence electrons. The van der Waals surface area contributed by atoms with Crippen LogP contribution in [0.2, 0.25) is 0 Å². The summed E-state index contributed by atoms with van der Waals surface area (Å²) >= 11 is 0. The van der Waals surface area contributed by atoms with Crippen molar-refractivity contribution in [2.45, 2.75) is 315 Å². The molecule has 0 aromatic carbocycles. The fraction of sp³-hybridized carbons (Fsp3) is 0.836. The Hall–Kier alpha value is -2.18. The van der Waals surface area contributed by atoms with Crippen LogP contribution in [0.1, 0.15) is 303 Å². The zero-order valence-corrected chi connectivity index (χ0v) is 44.6. The molecule has 0 spiro atoms. The Balaban J connectivity index is 3.58. The number of aliphatic hydroxyl groups is 2. The molecule has 6 nitrogen and oxygen atoms in total. The van der Waals surface area contributed by atoms with Crippen LogP contribution in [0.25, 0.3) is 0 Å². The second kappa shape index (κ2) is 56.4. The minimum atomic E-state index is -0.881. The van der Waals surface area contributed by atoms with E-state index in [0.717, 1.165) is 51.4 Å². The summed E-state index contributed by atoms with van der Waals surface area (Å²) < 4.78 is 5.44. The largest absolute Gasteiger partial charge is 0.466 e. The molecule has 67 heavy (non-hydrogen) atoms. The van der Waals surface area contributed by atoms with Crippen molar-refractivity contribution in [2.75, 3.05) is 13.2 Å². The highest BCUT2D eigenvalue weighted by Crippen LogP contribution is 2.17. The molecule has 0 fully saturated rings. The predicted molar refractivity (Wildman–Crippen MR) is 292 cm³/mol. The van der Waals surface area contributed by atoms with Gasteiger partial charge < -0.3 is 20.3 Å². The molecule has 0 rings (SSSR count). The molecular formula is C61H113NO5. The van der Waals surface area contributed by atoms with Crippen LogP contribution in [0.4, 0.5) is 0 Å². The minimum absolute atomic E-state index is 0.0278. The van der Waals surface area contributed by atoms with Gasteiger partial charge >= 0.3 is 5.97 Å². The Bertz CT molecular complexity index is 1130. The summed E-state index contributed by atoms with van der Waals surface area (Å²) in [6, 6.07) is -0.674. The lowest BCUT2D eigenvalue weighted by atomic mass is 10.0. The van der Waals surface area contributed by atoms with E-state index in [2.05, 4.69) is 49.5 Å². The molecule has 0 saturated heterocycles. The van der Waals surface area contributed by atoms with E-state index in [9.17, 15) is 19.8 Å². The first kappa shape index (κ1) is 64.8. The first-order valence-electron chi connectivity index (χ1n) is 29.4. The summed E-state index contributed by atoms with van der Waals surface area (Å²) in [6.07, 6.45) is 71.5. The molecule has 3 N–H and O–H groups in total. The topological polar surface area (TPSA) is 95.9 Å². The zero-order chi connectivity index (χ0) is 48.6. The van der Waals surface area contributed by atoms with E-state index in [1.807, 2.05) is 12.2 Å². The zero-order valence-electron chi connectivity index (χ0n) is 44.6. The molecule has 0 aliphatic heterocycles. The average Bonchev–Trinajstić information content (AvgIpc) is 3.33. The summed E-state index contributed by atoms with van der Waals surface area (Å²) in [5, 5.41) is 23.1. The van der Waals surface area contributed by atoms with Gasteiger partial charge in [0.05, 0.1) is 25.4 Å². The molecule has 2 atom stereocenters. The lowest BCUT2D eigenvalue weighted by Crippen LogP contribution is -2.45. The Kier molecular flexibility index (Phi) is 54.6. The molecule has 1 amide bonds. The quantitative estimate of drug-likeness (QED) is 0.0321. The van der Waals surface area contributed by atoms with E-state index in [0.29, 0.717) is 25.9 Å². The van der Waals surface area contributed by atoms with Crippen molar-refractivity contribution in [1.82, 2.24) is 5.32 Å². The van der Waals surface area contributed by atoms with E-state index < -0.39 is 12.1 Å². The third-order valence-electron chi connectivity index (χ3n) is 13.3. The third kappa shape index (κ3) is 53.0. The van der Waals surface area contributed by atoms with Crippen molar-refractivity contribution in [3.05, 3.63) is 48.6 Å². The van der Waals surface area contributed by atoms with Gasteiger partial charge in [-0.15, -0.1) is 0 Å². The summed E-state index contributed by atoms with van der Waals surface area (Å²) in [4.78, 5) is 24.5. The van der Waals surface area contributed by atoms with Crippen LogP contribution < -0.4 is 5.32 Å². The smallest absolute Gasteiger partial charge is 0.305 e. The van der Waals surface area contributed by atoms with E-state index in [1.165, 1.54) is 218 Å². The molecule has 0 aliphatic carbocycles. The van der Waals surface area contributed by atoms with E-state index >= 15 is 0 Å². The Labute approximate surface area is 416 Å². The Morgan fingerprint density at radius 3 is 1.19 bits per heavy atom. The van der Waals surface area contributed by atoms with Gasteiger partial charge in [-0.05, 0) is 77.0 Å². The van der Waals surface area contributed by atoms with Crippen LogP contribution in [0.15, 0.2) is 48.6 Å². The maximum absolute atomic E-state index is 12.4. The van der Waals surface area contributed by atoms with Crippen LogP contribution in [0.5, 0.6) is 0 Å². The van der Waals surface area contributed by atoms with Crippen LogP contribution in [-0.2, 0) is 14.3 Å². The van der Waals surface area contributed by atoms with Crippen molar-refractivity contribution in [2.24, 2.45) is 0 Å². The molecule has 0 bridgehead atoms. The molecule has 0 radical (unpaired) electrons. The normalized spacial score (nSPS) is 13.0. The second-order valence-corrected chi connectivity index (χ2v) is 20.0. The lowest BCUT2D eigenvalue weighted by molar-refractivity contribution is -0.143. The van der Waals surface area contributed by atoms with Gasteiger partial charge in [-0.25, -0.2) is 0 Å². The number of rotatable bonds is 54. The van der Waals surface area contributed by atoms with Crippen LogP contribution in [0.3, 0.4) is 0 Å². The van der Waals surface area contributed by atoms with Crippen molar-refractivity contribution >= 4 is 11.9 Å². The molecule has 6 heteroatoms. The van der Waals surface area contributed by atoms with Gasteiger partial charge in [-0.2, -0.15) is 0 Å². The van der Waals surface area contributed by atoms with E-state index in [-0.39, 0.29) is 18.5 Å². The molecule has 0 aliphatic rings. The number of allylic oxidation sites excluding steroid dienone is 7. The highest BCUT2D eigenvalue weighted by atomic mass is 16.5. The average molecular weight is 941 g/mol. The minimum Gasteiger partial charge on any atom is -0.466 e. The van der Waals surface area contributed by atoms with E-state index in [1.54, 1.807) is 6.08 Å². The second-order valence-electron chi connectivity index (χ2n) is 20.0. The van der Waals surface area contributed by atoms with Crippen LogP contribution >= 0.6 is 0 Å². The summed E-state index contributed by atoms with van der Waals surface area (Å²) in [5.41, 5.74) is 0. The first-order valence-corrected chi connectivity index (χ1v) is 29.4. The van der Waals surface area contributed by atoms with Crippen LogP contribution in [0, 0.1) is 0 Å². The van der Waals surface area contributed by atoms with Gasteiger partial charge in [0.2, 0.25) is 5.91 Å². The number of ether oxygens (including phenoxy) is 1. The first-order chi connectivity index (χ1) is 33.0. The molecular weight excluding hydrogens is 827 g/mol. The highest BCUT2D eigenvalue weighted by molar-refractivity contribution is 5.76. The van der Waals surface area contributed by atoms with Crippen LogP contribution in [-0.4, -0.2) is 47.4 Å². The SMILES string of the molecule is CCCCCC/C=C\CCCCCCCC(=O)OCCCCCCCC/C=C\C/C=C\CCC(=O)NC(CO)C(O)/C=C/CCCCCCCCCCCCCCCCCCCCCCCC. The van der Waals surface area contributed by atoms with Gasteiger partial charge in [0.15, 0.2) is 0 Å². The third-order valence-corrected chi connectivity index (χ3v) is 13.3. The van der Waals surface area contributed by atoms with Crippen molar-refractivity contribution in [3.8, 4) is 0 Å². The number of nitrogens with one attached hydrogen (secondary N) is 1. The van der Waals surface area contributed by atoms with Crippen molar-refractivity contribution < 1.29 is 24.5 Å². The summed E-state index contributed by atoms with van der Waals surface area (Å²) in [6.45, 7) is 4.83. The molecule has 2 unspecified atom stereocenters. The van der Waals surface area contributed by atoms with Crippen molar-refractivity contribution in [1.29, 1.82) is 0 Å². The maximum Gasteiger partial charge on any atom is 0.305 e. The lowest BCUT2D eigenvalue weighted by Gasteiger charge is -2.19. The summed E-state index contributed by atoms with van der Waals surface area (Å²) in [5.74, 6) is -0.175. The van der Waals surface area contributed by atoms with Gasteiger partial charge in [0, 0.05) is 12.8 Å². The number of unbranched alkanes of at least 4 members (excludes halogenated alkanes) is 37.